The standard InChI is InChI=1S/C19H18F3NO2/c1-12(13-2-8-16(9-3-13)25-18(21)22)23-17(24)19(10-11-19)14-4-6-15(20)7-5-14/h2-9,12,18H,10-11H2,1H3,(H,23,24). The van der Waals surface area contributed by atoms with Crippen LogP contribution in [0.2, 0.25) is 0 Å². The Morgan fingerprint density at radius 2 is 1.68 bits per heavy atom. The van der Waals surface area contributed by atoms with Gasteiger partial charge in [0.25, 0.3) is 0 Å². The fraction of sp³-hybridized carbons (Fsp3) is 0.316. The zero-order valence-corrected chi connectivity index (χ0v) is 13.6. The number of rotatable bonds is 6. The molecule has 2 aromatic carbocycles. The molecule has 1 aliphatic carbocycles. The van der Waals surface area contributed by atoms with Gasteiger partial charge in [0.05, 0.1) is 11.5 Å². The molecule has 0 aromatic heterocycles. The molecule has 0 spiro atoms. The van der Waals surface area contributed by atoms with Crippen molar-refractivity contribution >= 4 is 5.91 Å². The highest BCUT2D eigenvalue weighted by atomic mass is 19.3. The average Bonchev–Trinajstić information content (AvgIpc) is 3.37. The molecule has 1 fully saturated rings. The first-order chi connectivity index (χ1) is 11.9. The third kappa shape index (κ3) is 3.78. The zero-order chi connectivity index (χ0) is 18.0. The summed E-state index contributed by atoms with van der Waals surface area (Å²) in [7, 11) is 0. The highest BCUT2D eigenvalue weighted by molar-refractivity contribution is 5.91. The lowest BCUT2D eigenvalue weighted by Gasteiger charge is -2.20. The van der Waals surface area contributed by atoms with E-state index in [-0.39, 0.29) is 23.5 Å². The number of nitrogens with one attached hydrogen (secondary N) is 1. The summed E-state index contributed by atoms with van der Waals surface area (Å²) in [5.41, 5.74) is 0.991. The summed E-state index contributed by atoms with van der Waals surface area (Å²) in [4.78, 5) is 12.7. The van der Waals surface area contributed by atoms with E-state index in [1.807, 2.05) is 6.92 Å². The number of benzene rings is 2. The predicted molar refractivity (Wildman–Crippen MR) is 86.9 cm³/mol. The summed E-state index contributed by atoms with van der Waals surface area (Å²) in [5, 5.41) is 2.95. The van der Waals surface area contributed by atoms with Crippen molar-refractivity contribution < 1.29 is 22.7 Å². The van der Waals surface area contributed by atoms with Gasteiger partial charge in [0.1, 0.15) is 11.6 Å². The fourth-order valence-electron chi connectivity index (χ4n) is 2.90. The quantitative estimate of drug-likeness (QED) is 0.843. The minimum absolute atomic E-state index is 0.0715. The number of halogens is 3. The molecule has 25 heavy (non-hydrogen) atoms. The SMILES string of the molecule is CC(NC(=O)C1(c2ccc(F)cc2)CC1)c1ccc(OC(F)F)cc1. The van der Waals surface area contributed by atoms with Gasteiger partial charge in [-0.25, -0.2) is 4.39 Å². The molecule has 3 nitrogen and oxygen atoms in total. The molecule has 1 atom stereocenters. The monoisotopic (exact) mass is 349 g/mol. The summed E-state index contributed by atoms with van der Waals surface area (Å²) in [6.45, 7) is -1.05. The number of alkyl halides is 2. The number of amides is 1. The molecule has 0 radical (unpaired) electrons. The van der Waals surface area contributed by atoms with Crippen molar-refractivity contribution in [3.63, 3.8) is 0 Å². The molecule has 1 saturated carbocycles. The second kappa shape index (κ2) is 6.78. The molecule has 132 valence electrons. The Morgan fingerprint density at radius 3 is 2.20 bits per heavy atom. The van der Waals surface area contributed by atoms with Gasteiger partial charge in [0.15, 0.2) is 0 Å². The Balaban J connectivity index is 1.67. The second-order valence-electron chi connectivity index (χ2n) is 6.23. The highest BCUT2D eigenvalue weighted by Crippen LogP contribution is 2.48. The van der Waals surface area contributed by atoms with E-state index in [1.54, 1.807) is 24.3 Å². The average molecular weight is 349 g/mol. The Kier molecular flexibility index (Phi) is 4.70. The van der Waals surface area contributed by atoms with Gasteiger partial charge in [-0.15, -0.1) is 0 Å². The van der Waals surface area contributed by atoms with Crippen LogP contribution < -0.4 is 10.1 Å². The second-order valence-corrected chi connectivity index (χ2v) is 6.23. The predicted octanol–water partition coefficient (Wildman–Crippen LogP) is 4.34. The van der Waals surface area contributed by atoms with Crippen LogP contribution in [-0.4, -0.2) is 12.5 Å². The van der Waals surface area contributed by atoms with Crippen molar-refractivity contribution in [3.05, 3.63) is 65.5 Å². The van der Waals surface area contributed by atoms with Crippen molar-refractivity contribution in [2.24, 2.45) is 0 Å². The van der Waals surface area contributed by atoms with Gasteiger partial charge in [0.2, 0.25) is 5.91 Å². The van der Waals surface area contributed by atoms with Gasteiger partial charge in [-0.1, -0.05) is 24.3 Å². The topological polar surface area (TPSA) is 38.3 Å². The Hall–Kier alpha value is -2.50. The molecule has 2 aromatic rings. The Labute approximate surface area is 143 Å². The number of hydrogen-bond donors (Lipinski definition) is 1. The third-order valence-electron chi connectivity index (χ3n) is 4.53. The Bertz CT molecular complexity index is 740. The van der Waals surface area contributed by atoms with Crippen LogP contribution in [0, 0.1) is 5.82 Å². The van der Waals surface area contributed by atoms with E-state index in [0.717, 1.165) is 24.0 Å². The highest BCUT2D eigenvalue weighted by Gasteiger charge is 2.51. The van der Waals surface area contributed by atoms with Crippen LogP contribution in [0.1, 0.15) is 36.9 Å². The fourth-order valence-corrected chi connectivity index (χ4v) is 2.90. The maximum Gasteiger partial charge on any atom is 0.387 e. The van der Waals surface area contributed by atoms with Gasteiger partial charge in [-0.05, 0) is 55.2 Å². The van der Waals surface area contributed by atoms with Gasteiger partial charge < -0.3 is 10.1 Å². The normalized spacial score (nSPS) is 16.4. The zero-order valence-electron chi connectivity index (χ0n) is 13.6. The lowest BCUT2D eigenvalue weighted by atomic mass is 9.94. The molecule has 3 rings (SSSR count). The van der Waals surface area contributed by atoms with Crippen molar-refractivity contribution in [1.29, 1.82) is 0 Å². The van der Waals surface area contributed by atoms with Crippen molar-refractivity contribution in [1.82, 2.24) is 5.32 Å². The third-order valence-corrected chi connectivity index (χ3v) is 4.53. The molecule has 1 unspecified atom stereocenters. The summed E-state index contributed by atoms with van der Waals surface area (Å²) >= 11 is 0. The van der Waals surface area contributed by atoms with Crippen LogP contribution in [-0.2, 0) is 10.2 Å². The lowest BCUT2D eigenvalue weighted by molar-refractivity contribution is -0.124. The minimum Gasteiger partial charge on any atom is -0.435 e. The smallest absolute Gasteiger partial charge is 0.387 e. The van der Waals surface area contributed by atoms with Crippen LogP contribution in [0.5, 0.6) is 5.75 Å². The van der Waals surface area contributed by atoms with Crippen LogP contribution in [0.15, 0.2) is 48.5 Å². The van der Waals surface area contributed by atoms with E-state index < -0.39 is 12.0 Å². The molecular weight excluding hydrogens is 331 g/mol. The maximum atomic E-state index is 13.1. The van der Waals surface area contributed by atoms with Crippen LogP contribution >= 0.6 is 0 Å². The first kappa shape index (κ1) is 17.3. The maximum absolute atomic E-state index is 13.1. The number of ether oxygens (including phenoxy) is 1. The van der Waals surface area contributed by atoms with Gasteiger partial charge in [-0.2, -0.15) is 8.78 Å². The summed E-state index contributed by atoms with van der Waals surface area (Å²) in [6, 6.07) is 11.9. The largest absolute Gasteiger partial charge is 0.435 e. The molecule has 1 aliphatic rings. The van der Waals surface area contributed by atoms with Gasteiger partial charge >= 0.3 is 6.61 Å². The molecule has 1 amide bonds. The lowest BCUT2D eigenvalue weighted by Crippen LogP contribution is -2.36. The minimum atomic E-state index is -2.87. The van der Waals surface area contributed by atoms with E-state index in [9.17, 15) is 18.0 Å². The van der Waals surface area contributed by atoms with Crippen molar-refractivity contribution in [3.8, 4) is 5.75 Å². The van der Waals surface area contributed by atoms with Crippen LogP contribution in [0.4, 0.5) is 13.2 Å². The molecule has 0 saturated heterocycles. The number of carbonyl (C=O) groups excluding carboxylic acids is 1. The molecule has 6 heteroatoms. The van der Waals surface area contributed by atoms with Crippen molar-refractivity contribution in [2.75, 3.05) is 0 Å². The summed E-state index contributed by atoms with van der Waals surface area (Å²) in [5.74, 6) is -0.374. The number of hydrogen-bond acceptors (Lipinski definition) is 2. The first-order valence-corrected chi connectivity index (χ1v) is 8.02. The van der Waals surface area contributed by atoms with Gasteiger partial charge in [-0.3, -0.25) is 4.79 Å². The van der Waals surface area contributed by atoms with Crippen molar-refractivity contribution in [2.45, 2.75) is 37.8 Å². The number of carbonyl (C=O) groups is 1. The van der Waals surface area contributed by atoms with E-state index in [0.29, 0.717) is 0 Å². The molecule has 0 bridgehead atoms. The van der Waals surface area contributed by atoms with Crippen LogP contribution in [0.3, 0.4) is 0 Å². The molecule has 0 heterocycles. The van der Waals surface area contributed by atoms with Gasteiger partial charge in [0, 0.05) is 0 Å². The van der Waals surface area contributed by atoms with E-state index in [2.05, 4.69) is 10.1 Å². The molecule has 0 aliphatic heterocycles. The van der Waals surface area contributed by atoms with E-state index in [1.165, 1.54) is 24.3 Å². The van der Waals surface area contributed by atoms with E-state index >= 15 is 0 Å². The summed E-state index contributed by atoms with van der Waals surface area (Å²) in [6.07, 6.45) is 1.44. The first-order valence-electron chi connectivity index (χ1n) is 8.02. The van der Waals surface area contributed by atoms with Crippen LogP contribution in [0.25, 0.3) is 0 Å². The molecular formula is C19H18F3NO2. The molecule has 1 N–H and O–H groups in total. The Morgan fingerprint density at radius 1 is 1.08 bits per heavy atom. The summed E-state index contributed by atoms with van der Waals surface area (Å²) < 4.78 is 41.7. The van der Waals surface area contributed by atoms with E-state index in [4.69, 9.17) is 0 Å².